The molecule has 1 aliphatic heterocycles. The molecule has 3 heteroatoms. The van der Waals surface area contributed by atoms with E-state index in [0.717, 1.165) is 25.8 Å². The van der Waals surface area contributed by atoms with Gasteiger partial charge >= 0.3 is 0 Å². The van der Waals surface area contributed by atoms with E-state index in [4.69, 9.17) is 4.74 Å². The molecule has 2 fully saturated rings. The number of Topliss-reactive ketones (excluding diaryl/α,β-unsaturated/α-hetero) is 1. The van der Waals surface area contributed by atoms with Gasteiger partial charge in [-0.25, -0.2) is 0 Å². The number of fused-ring (bicyclic) bond motifs is 1. The van der Waals surface area contributed by atoms with Crippen LogP contribution in [0.25, 0.3) is 0 Å². The minimum atomic E-state index is -0.192. The summed E-state index contributed by atoms with van der Waals surface area (Å²) in [5.41, 5.74) is 2.49. The number of hydrogen-bond acceptors (Lipinski definition) is 3. The van der Waals surface area contributed by atoms with E-state index in [2.05, 4.69) is 36.2 Å². The van der Waals surface area contributed by atoms with Crippen LogP contribution in [-0.4, -0.2) is 43.0 Å². The first kappa shape index (κ1) is 13.5. The van der Waals surface area contributed by atoms with E-state index in [9.17, 15) is 4.79 Å². The van der Waals surface area contributed by atoms with Gasteiger partial charge in [0.25, 0.3) is 0 Å². The second-order valence-corrected chi connectivity index (χ2v) is 7.00. The molecular formula is C18H23NO2. The molecule has 1 heterocycles. The fraction of sp³-hybridized carbons (Fsp3) is 0.611. The van der Waals surface area contributed by atoms with Crippen LogP contribution in [-0.2, 0) is 21.4 Å². The third-order valence-corrected chi connectivity index (χ3v) is 6.36. The van der Waals surface area contributed by atoms with Crippen LogP contribution in [0, 0.1) is 0 Å². The molecule has 2 aliphatic carbocycles. The highest BCUT2D eigenvalue weighted by Gasteiger charge is 2.65. The van der Waals surface area contributed by atoms with Crippen molar-refractivity contribution in [3.63, 3.8) is 0 Å². The van der Waals surface area contributed by atoms with Gasteiger partial charge in [-0.15, -0.1) is 0 Å². The second-order valence-electron chi connectivity index (χ2n) is 7.00. The van der Waals surface area contributed by atoms with Crippen molar-refractivity contribution in [2.45, 2.75) is 49.2 Å². The lowest BCUT2D eigenvalue weighted by Gasteiger charge is -2.64. The van der Waals surface area contributed by atoms with Gasteiger partial charge in [-0.1, -0.05) is 24.3 Å². The van der Waals surface area contributed by atoms with Gasteiger partial charge in [0, 0.05) is 31.4 Å². The monoisotopic (exact) mass is 285 g/mol. The molecule has 3 aliphatic rings. The summed E-state index contributed by atoms with van der Waals surface area (Å²) < 4.78 is 6.22. The number of hydrogen-bond donors (Lipinski definition) is 0. The number of rotatable bonds is 1. The molecule has 1 aromatic rings. The molecule has 0 N–H and O–H groups in total. The normalized spacial score (nSPS) is 38.8. The molecule has 21 heavy (non-hydrogen) atoms. The smallest absolute Gasteiger partial charge is 0.134 e. The predicted molar refractivity (Wildman–Crippen MR) is 81.5 cm³/mol. The third-order valence-electron chi connectivity index (χ3n) is 6.36. The first-order valence-corrected chi connectivity index (χ1v) is 7.98. The zero-order valence-corrected chi connectivity index (χ0v) is 12.9. The summed E-state index contributed by atoms with van der Waals surface area (Å²) in [5, 5.41) is 0. The Labute approximate surface area is 126 Å². The minimum Gasteiger partial charge on any atom is -0.376 e. The quantitative estimate of drug-likeness (QED) is 0.793. The standard InChI is InChI=1S/C18H23NO2/c1-19-10-9-17-12-14(20)7-8-18(17,21-2)16(19)11-13-5-3-4-6-15(13)17/h3-6,16H,7-12H2,1-2H3/t16-,17-,18?/m1/s1. The highest BCUT2D eigenvalue weighted by Crippen LogP contribution is 2.58. The van der Waals surface area contributed by atoms with E-state index in [1.807, 2.05) is 7.11 Å². The van der Waals surface area contributed by atoms with Gasteiger partial charge in [0.15, 0.2) is 0 Å². The number of carbonyl (C=O) groups is 1. The summed E-state index contributed by atoms with van der Waals surface area (Å²) in [6, 6.07) is 9.10. The Morgan fingerprint density at radius 1 is 1.29 bits per heavy atom. The summed E-state index contributed by atoms with van der Waals surface area (Å²) in [5.74, 6) is 0.405. The lowest BCUT2D eigenvalue weighted by molar-refractivity contribution is -0.183. The minimum absolute atomic E-state index is 0.108. The van der Waals surface area contributed by atoms with E-state index in [1.54, 1.807) is 0 Å². The molecule has 1 saturated carbocycles. The molecule has 1 aromatic carbocycles. The highest BCUT2D eigenvalue weighted by atomic mass is 16.5. The number of piperidine rings is 1. The van der Waals surface area contributed by atoms with E-state index >= 15 is 0 Å². The van der Waals surface area contributed by atoms with Crippen LogP contribution >= 0.6 is 0 Å². The maximum atomic E-state index is 12.3. The van der Waals surface area contributed by atoms with E-state index in [0.29, 0.717) is 24.7 Å². The van der Waals surface area contributed by atoms with Crippen LogP contribution in [0.3, 0.4) is 0 Å². The Kier molecular flexibility index (Phi) is 2.82. The molecule has 0 amide bonds. The zero-order valence-electron chi connectivity index (χ0n) is 12.9. The Balaban J connectivity index is 1.98. The van der Waals surface area contributed by atoms with Crippen molar-refractivity contribution in [2.75, 3.05) is 20.7 Å². The van der Waals surface area contributed by atoms with E-state index in [-0.39, 0.29) is 11.0 Å². The van der Waals surface area contributed by atoms with E-state index < -0.39 is 0 Å². The SMILES string of the molecule is COC12CCC(=O)C[C@@]13CCN(C)[C@@H]2Cc1ccccc13. The molecule has 1 unspecified atom stereocenters. The van der Waals surface area contributed by atoms with Gasteiger partial charge < -0.3 is 9.64 Å². The molecule has 1 saturated heterocycles. The fourth-order valence-electron chi connectivity index (χ4n) is 5.39. The van der Waals surface area contributed by atoms with Gasteiger partial charge in [-0.3, -0.25) is 4.79 Å². The summed E-state index contributed by atoms with van der Waals surface area (Å²) in [7, 11) is 4.06. The predicted octanol–water partition coefficient (Wildman–Crippen LogP) is 2.32. The Morgan fingerprint density at radius 2 is 2.10 bits per heavy atom. The molecule has 0 aromatic heterocycles. The summed E-state index contributed by atoms with van der Waals surface area (Å²) in [4.78, 5) is 14.7. The molecule has 112 valence electrons. The van der Waals surface area contributed by atoms with Crippen LogP contribution in [0.4, 0.5) is 0 Å². The largest absolute Gasteiger partial charge is 0.376 e. The topological polar surface area (TPSA) is 29.5 Å². The van der Waals surface area contributed by atoms with E-state index in [1.165, 1.54) is 11.1 Å². The van der Waals surface area contributed by atoms with Gasteiger partial charge in [0.2, 0.25) is 0 Å². The number of benzene rings is 1. The van der Waals surface area contributed by atoms with Crippen molar-refractivity contribution in [3.05, 3.63) is 35.4 Å². The van der Waals surface area contributed by atoms with Crippen molar-refractivity contribution >= 4 is 5.78 Å². The van der Waals surface area contributed by atoms with Crippen LogP contribution in [0.15, 0.2) is 24.3 Å². The number of ketones is 1. The Bertz CT molecular complexity index is 599. The van der Waals surface area contributed by atoms with Crippen molar-refractivity contribution in [1.82, 2.24) is 4.90 Å². The number of carbonyl (C=O) groups excluding carboxylic acids is 1. The second kappa shape index (κ2) is 4.40. The van der Waals surface area contributed by atoms with Gasteiger partial charge in [-0.05, 0) is 44.0 Å². The molecule has 3 atom stereocenters. The number of nitrogens with zero attached hydrogens (tertiary/aromatic N) is 1. The number of likely N-dealkylation sites (tertiary alicyclic amines) is 1. The highest BCUT2D eigenvalue weighted by molar-refractivity contribution is 5.82. The average molecular weight is 285 g/mol. The van der Waals surface area contributed by atoms with Crippen molar-refractivity contribution < 1.29 is 9.53 Å². The zero-order chi connectivity index (χ0) is 14.7. The summed E-state index contributed by atoms with van der Waals surface area (Å²) in [6.45, 7) is 1.05. The number of likely N-dealkylation sites (N-methyl/N-ethyl adjacent to an activating group) is 1. The molecule has 0 spiro atoms. The van der Waals surface area contributed by atoms with Gasteiger partial charge in [-0.2, -0.15) is 0 Å². The van der Waals surface area contributed by atoms with Crippen LogP contribution in [0.5, 0.6) is 0 Å². The maximum absolute atomic E-state index is 12.3. The molecular weight excluding hydrogens is 262 g/mol. The molecule has 2 bridgehead atoms. The van der Waals surface area contributed by atoms with Crippen molar-refractivity contribution in [3.8, 4) is 0 Å². The van der Waals surface area contributed by atoms with Gasteiger partial charge in [0.1, 0.15) is 5.78 Å². The van der Waals surface area contributed by atoms with Crippen LogP contribution in [0.1, 0.15) is 36.8 Å². The van der Waals surface area contributed by atoms with Crippen LogP contribution in [0.2, 0.25) is 0 Å². The Morgan fingerprint density at radius 3 is 2.90 bits per heavy atom. The first-order chi connectivity index (χ1) is 10.1. The maximum Gasteiger partial charge on any atom is 0.134 e. The number of methoxy groups -OCH3 is 1. The van der Waals surface area contributed by atoms with Gasteiger partial charge in [0.05, 0.1) is 5.60 Å². The lowest BCUT2D eigenvalue weighted by atomic mass is 9.49. The molecule has 3 nitrogen and oxygen atoms in total. The fourth-order valence-corrected chi connectivity index (χ4v) is 5.39. The number of ether oxygens (including phenoxy) is 1. The van der Waals surface area contributed by atoms with Crippen molar-refractivity contribution in [2.24, 2.45) is 0 Å². The first-order valence-electron chi connectivity index (χ1n) is 7.98. The lowest BCUT2D eigenvalue weighted by Crippen LogP contribution is -2.73. The summed E-state index contributed by atoms with van der Waals surface area (Å²) in [6.07, 6.45) is 4.25. The third kappa shape index (κ3) is 1.54. The Hall–Kier alpha value is -1.19. The molecule has 0 radical (unpaired) electrons. The van der Waals surface area contributed by atoms with Crippen LogP contribution < -0.4 is 0 Å². The average Bonchev–Trinajstić information content (AvgIpc) is 2.51. The van der Waals surface area contributed by atoms with Crippen molar-refractivity contribution in [1.29, 1.82) is 0 Å². The summed E-state index contributed by atoms with van der Waals surface area (Å²) >= 11 is 0. The molecule has 4 rings (SSSR count).